The molecule has 2 N–H and O–H groups in total. The summed E-state index contributed by atoms with van der Waals surface area (Å²) in [6.45, 7) is 1.83. The number of para-hydroxylation sites is 1. The maximum atomic E-state index is 12.0. The third-order valence-corrected chi connectivity index (χ3v) is 3.41. The first-order valence-electron chi connectivity index (χ1n) is 7.44. The molecule has 1 atom stereocenters. The van der Waals surface area contributed by atoms with E-state index < -0.39 is 18.0 Å². The maximum Gasteiger partial charge on any atom is 0.252 e. The lowest BCUT2D eigenvalue weighted by atomic mass is 10.1. The molecule has 0 aromatic heterocycles. The van der Waals surface area contributed by atoms with Crippen LogP contribution < -0.4 is 15.2 Å². The van der Waals surface area contributed by atoms with Gasteiger partial charge in [-0.15, -0.1) is 0 Å². The lowest BCUT2D eigenvalue weighted by Gasteiger charge is -2.15. The molecule has 2 aromatic rings. The average Bonchev–Trinajstić information content (AvgIpc) is 2.59. The molecule has 0 spiro atoms. The number of carbonyl (C=O) groups excluding carboxylic acids is 2. The zero-order chi connectivity index (χ0) is 17.5. The Bertz CT molecular complexity index is 729. The number of carboxylic acids is 1. The standard InChI is InChI=1S/C18H19NO5/c1-12-6-2-5-9-16(12)24-11-13(20)10-19-17(21)14-7-3-4-8-15(14)18(22)23/h2-9,13,20H,10-11H2,1H3,(H,19,21)(H,22,23)/p-1/t13-/m0/s1. The predicted molar refractivity (Wildman–Crippen MR) is 85.8 cm³/mol. The van der Waals surface area contributed by atoms with Gasteiger partial charge in [0.1, 0.15) is 18.5 Å². The number of aliphatic hydroxyl groups excluding tert-OH is 1. The number of aryl methyl sites for hydroxylation is 1. The van der Waals surface area contributed by atoms with Crippen molar-refractivity contribution < 1.29 is 24.5 Å². The van der Waals surface area contributed by atoms with Gasteiger partial charge in [0, 0.05) is 17.7 Å². The third-order valence-electron chi connectivity index (χ3n) is 3.41. The van der Waals surface area contributed by atoms with Crippen LogP contribution in [0.25, 0.3) is 0 Å². The van der Waals surface area contributed by atoms with Crippen molar-refractivity contribution in [2.75, 3.05) is 13.2 Å². The first kappa shape index (κ1) is 17.5. The van der Waals surface area contributed by atoms with E-state index in [9.17, 15) is 19.8 Å². The average molecular weight is 328 g/mol. The van der Waals surface area contributed by atoms with Gasteiger partial charge in [-0.3, -0.25) is 4.79 Å². The quantitative estimate of drug-likeness (QED) is 0.772. The number of hydrogen-bond donors (Lipinski definition) is 2. The SMILES string of the molecule is Cc1ccccc1OC[C@@H](O)CNC(=O)c1ccccc1C(=O)[O-]. The van der Waals surface area contributed by atoms with Crippen molar-refractivity contribution >= 4 is 11.9 Å². The van der Waals surface area contributed by atoms with E-state index in [1.807, 2.05) is 25.1 Å². The van der Waals surface area contributed by atoms with Crippen LogP contribution in [0.15, 0.2) is 48.5 Å². The molecule has 0 aliphatic rings. The minimum atomic E-state index is -1.43. The van der Waals surface area contributed by atoms with Crippen LogP contribution in [0.1, 0.15) is 26.3 Å². The monoisotopic (exact) mass is 328 g/mol. The summed E-state index contributed by atoms with van der Waals surface area (Å²) in [5.41, 5.74) is 0.738. The molecule has 0 unspecified atom stereocenters. The van der Waals surface area contributed by atoms with E-state index in [0.29, 0.717) is 5.75 Å². The van der Waals surface area contributed by atoms with Crippen molar-refractivity contribution in [2.45, 2.75) is 13.0 Å². The summed E-state index contributed by atoms with van der Waals surface area (Å²) >= 11 is 0. The fourth-order valence-electron chi connectivity index (χ4n) is 2.13. The third kappa shape index (κ3) is 4.57. The smallest absolute Gasteiger partial charge is 0.252 e. The number of aliphatic hydroxyl groups is 1. The molecule has 6 heteroatoms. The molecule has 0 fully saturated rings. The molecule has 0 heterocycles. The molecule has 6 nitrogen and oxygen atoms in total. The van der Waals surface area contributed by atoms with Crippen LogP contribution in [0.5, 0.6) is 5.75 Å². The van der Waals surface area contributed by atoms with Crippen molar-refractivity contribution in [2.24, 2.45) is 0 Å². The number of carboxylic acid groups (broad SMARTS) is 1. The van der Waals surface area contributed by atoms with Gasteiger partial charge in [0.05, 0.1) is 5.97 Å². The van der Waals surface area contributed by atoms with Crippen LogP contribution in [0.3, 0.4) is 0 Å². The minimum Gasteiger partial charge on any atom is -0.545 e. The summed E-state index contributed by atoms with van der Waals surface area (Å²) in [4.78, 5) is 23.0. The van der Waals surface area contributed by atoms with E-state index in [1.165, 1.54) is 18.2 Å². The van der Waals surface area contributed by atoms with Crippen molar-refractivity contribution in [3.05, 3.63) is 65.2 Å². The van der Waals surface area contributed by atoms with Gasteiger partial charge in [-0.1, -0.05) is 36.4 Å². The van der Waals surface area contributed by atoms with Crippen LogP contribution in [-0.2, 0) is 0 Å². The summed E-state index contributed by atoms with van der Waals surface area (Å²) in [5.74, 6) is -1.36. The Balaban J connectivity index is 1.88. The number of nitrogens with one attached hydrogen (secondary N) is 1. The van der Waals surface area contributed by atoms with E-state index in [4.69, 9.17) is 4.74 Å². The Hall–Kier alpha value is -2.86. The van der Waals surface area contributed by atoms with Crippen LogP contribution in [0, 0.1) is 6.92 Å². The van der Waals surface area contributed by atoms with E-state index in [1.54, 1.807) is 12.1 Å². The van der Waals surface area contributed by atoms with Crippen molar-refractivity contribution in [3.63, 3.8) is 0 Å². The topological polar surface area (TPSA) is 98.7 Å². The highest BCUT2D eigenvalue weighted by molar-refractivity contribution is 6.04. The van der Waals surface area contributed by atoms with E-state index in [-0.39, 0.29) is 24.3 Å². The van der Waals surface area contributed by atoms with E-state index in [0.717, 1.165) is 5.56 Å². The summed E-state index contributed by atoms with van der Waals surface area (Å²) in [5, 5.41) is 23.4. The number of aromatic carboxylic acids is 1. The van der Waals surface area contributed by atoms with Gasteiger partial charge in [0.25, 0.3) is 5.91 Å². The second-order valence-corrected chi connectivity index (χ2v) is 5.27. The Kier molecular flexibility index (Phi) is 5.92. The molecule has 1 amide bonds. The molecule has 0 aliphatic heterocycles. The number of ether oxygens (including phenoxy) is 1. The second kappa shape index (κ2) is 8.12. The van der Waals surface area contributed by atoms with E-state index in [2.05, 4.69) is 5.32 Å². The first-order chi connectivity index (χ1) is 11.5. The van der Waals surface area contributed by atoms with Gasteiger partial charge >= 0.3 is 0 Å². The lowest BCUT2D eigenvalue weighted by Crippen LogP contribution is -2.36. The molecule has 0 saturated carbocycles. The summed E-state index contributed by atoms with van der Waals surface area (Å²) in [6.07, 6.45) is -0.927. The number of hydrogen-bond acceptors (Lipinski definition) is 5. The Labute approximate surface area is 139 Å². The molecule has 24 heavy (non-hydrogen) atoms. The maximum absolute atomic E-state index is 12.0. The molecule has 0 saturated heterocycles. The summed E-state index contributed by atoms with van der Waals surface area (Å²) < 4.78 is 5.49. The highest BCUT2D eigenvalue weighted by Crippen LogP contribution is 2.16. The largest absolute Gasteiger partial charge is 0.545 e. The fourth-order valence-corrected chi connectivity index (χ4v) is 2.13. The lowest BCUT2D eigenvalue weighted by molar-refractivity contribution is -0.255. The van der Waals surface area contributed by atoms with Gasteiger partial charge in [-0.05, 0) is 24.6 Å². The highest BCUT2D eigenvalue weighted by atomic mass is 16.5. The molecule has 0 bridgehead atoms. The summed E-state index contributed by atoms with van der Waals surface area (Å²) in [6, 6.07) is 13.1. The molecule has 2 aromatic carbocycles. The van der Waals surface area contributed by atoms with Crippen LogP contribution in [-0.4, -0.2) is 36.2 Å². The Morgan fingerprint density at radius 2 is 1.75 bits per heavy atom. The second-order valence-electron chi connectivity index (χ2n) is 5.27. The zero-order valence-corrected chi connectivity index (χ0v) is 13.2. The van der Waals surface area contributed by atoms with Gasteiger partial charge in [-0.2, -0.15) is 0 Å². The Morgan fingerprint density at radius 1 is 1.12 bits per heavy atom. The predicted octanol–water partition coefficient (Wildman–Crippen LogP) is 0.528. The van der Waals surface area contributed by atoms with Crippen LogP contribution in [0.4, 0.5) is 0 Å². The van der Waals surface area contributed by atoms with Crippen molar-refractivity contribution in [3.8, 4) is 5.75 Å². The molecular formula is C18H18NO5-. The molecule has 126 valence electrons. The summed E-state index contributed by atoms with van der Waals surface area (Å²) in [7, 11) is 0. The highest BCUT2D eigenvalue weighted by Gasteiger charge is 2.13. The van der Waals surface area contributed by atoms with E-state index >= 15 is 0 Å². The minimum absolute atomic E-state index is 0.00721. The Morgan fingerprint density at radius 3 is 2.42 bits per heavy atom. The number of amides is 1. The number of rotatable bonds is 7. The number of benzene rings is 2. The first-order valence-corrected chi connectivity index (χ1v) is 7.44. The molecular weight excluding hydrogens is 310 g/mol. The van der Waals surface area contributed by atoms with Gasteiger partial charge in [0.15, 0.2) is 0 Å². The zero-order valence-electron chi connectivity index (χ0n) is 13.2. The van der Waals surface area contributed by atoms with Gasteiger partial charge < -0.3 is 25.1 Å². The van der Waals surface area contributed by atoms with Crippen molar-refractivity contribution in [1.29, 1.82) is 0 Å². The fraction of sp³-hybridized carbons (Fsp3) is 0.222. The molecule has 0 aliphatic carbocycles. The molecule has 2 rings (SSSR count). The van der Waals surface area contributed by atoms with Crippen LogP contribution in [0.2, 0.25) is 0 Å². The van der Waals surface area contributed by atoms with Crippen LogP contribution >= 0.6 is 0 Å². The van der Waals surface area contributed by atoms with Crippen molar-refractivity contribution in [1.82, 2.24) is 5.32 Å². The number of carbonyl (C=O) groups is 2. The molecule has 0 radical (unpaired) electrons. The van der Waals surface area contributed by atoms with Gasteiger partial charge in [0.2, 0.25) is 0 Å². The van der Waals surface area contributed by atoms with Gasteiger partial charge in [-0.25, -0.2) is 0 Å². The normalized spacial score (nSPS) is 11.6.